The molecule has 0 saturated heterocycles. The minimum Gasteiger partial charge on any atom is -0.506 e. The van der Waals surface area contributed by atoms with Gasteiger partial charge in [0.2, 0.25) is 0 Å². The van der Waals surface area contributed by atoms with Gasteiger partial charge in [0.25, 0.3) is 47.3 Å². The number of esters is 1. The number of phenols is 2. The van der Waals surface area contributed by atoms with Crippen molar-refractivity contribution in [2.75, 3.05) is 46.2 Å². The van der Waals surface area contributed by atoms with E-state index in [9.17, 15) is 53.4 Å². The van der Waals surface area contributed by atoms with Crippen molar-refractivity contribution < 1.29 is 77.0 Å². The predicted molar refractivity (Wildman–Crippen MR) is 367 cm³/mol. The van der Waals surface area contributed by atoms with Gasteiger partial charge in [0.15, 0.2) is 0 Å². The van der Waals surface area contributed by atoms with Crippen molar-refractivity contribution >= 4 is 69.2 Å². The van der Waals surface area contributed by atoms with Crippen molar-refractivity contribution in [1.29, 1.82) is 0 Å². The number of rotatable bonds is 3. The van der Waals surface area contributed by atoms with E-state index < -0.39 is 123 Å². The number of fused-ring (bicyclic) bond motifs is 22. The van der Waals surface area contributed by atoms with Crippen molar-refractivity contribution in [2.45, 2.75) is 204 Å². The second-order valence-electron chi connectivity index (χ2n) is 28.5. The second kappa shape index (κ2) is 31.7. The highest BCUT2D eigenvalue weighted by Crippen LogP contribution is 2.35. The third kappa shape index (κ3) is 18.3. The van der Waals surface area contributed by atoms with E-state index in [1.54, 1.807) is 65.8 Å². The number of aromatic hydroxyl groups is 2. The number of carbonyl (C=O) groups excluding carboxylic acids is 9. The molecule has 98 heavy (non-hydrogen) atoms. The van der Waals surface area contributed by atoms with Gasteiger partial charge in [-0.1, -0.05) is 22.9 Å². The first-order valence-electron chi connectivity index (χ1n) is 34.4. The standard InChI is InChI=1S/C73H93BrN8O16/c1-39-24-51-59(83)52(25-39)64(86)76-44-13-9-17-48(33-44)80-68(90)56-29-42(4)31-58-62(56)97-23-21-95-37-73(7,38-98-71(93)72(5,6)74)36-94-20-22-96-61-55(67(89)79-47-16-8-12-43(32-47)75-63(51)85)28-41(3)30-57(61)69(91)81-49-18-10-14-45(34-49)77-65(87)53-26-40(2)27-54(60(53)84)66(88)78-46-15-11-19-50(35-46)82-70(58)92/h24-31,43-50,83-84H,8-23,32-38H2,1-7H3,(H,75,85)(H,76,86)(H,77,87)(H,78,88)(H,79,89)(H,80,90)(H,81,91)(H,82,92). The lowest BCUT2D eigenvalue weighted by molar-refractivity contribution is -0.152. The molecule has 24 nitrogen and oxygen atoms in total. The predicted octanol–water partition coefficient (Wildman–Crippen LogP) is 8.06. The van der Waals surface area contributed by atoms with E-state index in [-0.39, 0.29) is 102 Å². The molecule has 8 amide bonds. The number of carbonyl (C=O) groups is 9. The first-order chi connectivity index (χ1) is 46.7. The van der Waals surface area contributed by atoms with E-state index in [1.807, 2.05) is 6.92 Å². The number of phenolic OH excluding ortho intramolecular Hbond substituents is 2. The quantitative estimate of drug-likeness (QED) is 0.0685. The van der Waals surface area contributed by atoms with Crippen LogP contribution in [0.2, 0.25) is 0 Å². The van der Waals surface area contributed by atoms with Crippen LogP contribution < -0.4 is 52.0 Å². The Hall–Kier alpha value is -8.29. The molecule has 8 atom stereocenters. The maximum absolute atomic E-state index is 14.8. The van der Waals surface area contributed by atoms with Crippen molar-refractivity contribution in [3.05, 3.63) is 115 Å². The van der Waals surface area contributed by atoms with Gasteiger partial charge >= 0.3 is 5.97 Å². The number of benzene rings is 4. The van der Waals surface area contributed by atoms with Gasteiger partial charge in [-0.25, -0.2) is 0 Å². The highest BCUT2D eigenvalue weighted by molar-refractivity contribution is 9.10. The fourth-order valence-electron chi connectivity index (χ4n) is 14.3. The first kappa shape index (κ1) is 72.5. The summed E-state index contributed by atoms with van der Waals surface area (Å²) in [6.45, 7) is 11.3. The Bertz CT molecular complexity index is 3310. The first-order valence-corrected chi connectivity index (χ1v) is 35.2. The van der Waals surface area contributed by atoms with Gasteiger partial charge in [-0.3, -0.25) is 43.2 Å². The van der Waals surface area contributed by atoms with Gasteiger partial charge in [-0.05, 0) is 215 Å². The lowest BCUT2D eigenvalue weighted by Gasteiger charge is -2.32. The summed E-state index contributed by atoms with van der Waals surface area (Å²) in [6, 6.07) is 8.84. The SMILES string of the molecule is Cc1cc2c(O)c(c1)C(=O)NC1CCCC(C1)NC(=O)c1cc(C)cc3c1OCCOCC(C)(COC(=O)C(C)(C)Br)COCCOc1c(cc(C)cc1C(=O)NC1CCCC(C1)NC(=O)c1cc(C)cc(c1O)C(=O)NC1CCCC(C1)NC3=O)C(=O)NC1CCCC(C1)NC2=O. The number of ether oxygens (including phenoxy) is 5. The molecule has 0 spiro atoms. The number of aryl methyl sites for hydroxylation is 4. The molecule has 0 radical (unpaired) electrons. The van der Waals surface area contributed by atoms with Gasteiger partial charge in [0.05, 0.1) is 70.9 Å². The Morgan fingerprint density at radius 3 is 0.888 bits per heavy atom. The minimum atomic E-state index is -1.03. The fourth-order valence-corrected chi connectivity index (χ4v) is 14.4. The van der Waals surface area contributed by atoms with Crippen LogP contribution in [0.25, 0.3) is 0 Å². The summed E-state index contributed by atoms with van der Waals surface area (Å²) in [7, 11) is 0. The normalized spacial score (nSPS) is 26.2. The van der Waals surface area contributed by atoms with E-state index >= 15 is 0 Å². The zero-order valence-corrected chi connectivity index (χ0v) is 58.6. The van der Waals surface area contributed by atoms with Crippen LogP contribution in [0.5, 0.6) is 23.0 Å². The molecule has 4 aliphatic carbocycles. The summed E-state index contributed by atoms with van der Waals surface area (Å²) < 4.78 is 30.4. The highest BCUT2D eigenvalue weighted by atomic mass is 79.9. The number of alkyl halides is 1. The van der Waals surface area contributed by atoms with Gasteiger partial charge in [-0.2, -0.15) is 0 Å². The largest absolute Gasteiger partial charge is 0.506 e. The summed E-state index contributed by atoms with van der Waals surface area (Å²) in [5.74, 6) is -6.22. The number of amides is 8. The van der Waals surface area contributed by atoms with Crippen LogP contribution in [0.3, 0.4) is 0 Å². The van der Waals surface area contributed by atoms with Crippen LogP contribution >= 0.6 is 15.9 Å². The Morgan fingerprint density at radius 2 is 0.653 bits per heavy atom. The van der Waals surface area contributed by atoms with E-state index in [0.717, 1.165) is 0 Å². The van der Waals surface area contributed by atoms with Crippen LogP contribution in [0.4, 0.5) is 0 Å². The molecule has 4 aromatic carbocycles. The average molecular weight is 1420 g/mol. The molecule has 4 aromatic rings. The van der Waals surface area contributed by atoms with E-state index in [4.69, 9.17) is 23.7 Å². The molecule has 4 fully saturated rings. The molecule has 2 heterocycles. The molecule has 2 aliphatic heterocycles. The monoisotopic (exact) mass is 1420 g/mol. The Balaban J connectivity index is 1.03. The molecule has 25 heteroatoms. The van der Waals surface area contributed by atoms with E-state index in [0.29, 0.717) is 125 Å². The Kier molecular flexibility index (Phi) is 23.4. The minimum absolute atomic E-state index is 0.0296. The summed E-state index contributed by atoms with van der Waals surface area (Å²) >= 11 is 3.39. The molecule has 14 bridgehead atoms. The lowest BCUT2D eigenvalue weighted by atomic mass is 9.89. The molecule has 528 valence electrons. The zero-order valence-electron chi connectivity index (χ0n) is 57.0. The average Bonchev–Trinajstić information content (AvgIpc) is 0.813. The molecule has 4 saturated carbocycles. The van der Waals surface area contributed by atoms with E-state index in [2.05, 4.69) is 58.5 Å². The maximum atomic E-state index is 14.8. The zero-order chi connectivity index (χ0) is 70.2. The summed E-state index contributed by atoms with van der Waals surface area (Å²) in [6.07, 6.45) is 8.08. The van der Waals surface area contributed by atoms with Gasteiger partial charge in [-0.15, -0.1) is 0 Å². The fraction of sp³-hybridized carbons (Fsp3) is 0.548. The van der Waals surface area contributed by atoms with Crippen molar-refractivity contribution in [2.24, 2.45) is 5.41 Å². The third-order valence-electron chi connectivity index (χ3n) is 19.2. The number of hydrogen-bond donors (Lipinski definition) is 10. The van der Waals surface area contributed by atoms with Crippen molar-refractivity contribution in [1.82, 2.24) is 42.5 Å². The lowest BCUT2D eigenvalue weighted by Crippen LogP contribution is -2.46. The summed E-state index contributed by atoms with van der Waals surface area (Å²) in [5.41, 5.74) is 1.06. The van der Waals surface area contributed by atoms with Crippen LogP contribution in [0.1, 0.15) is 229 Å². The molecular weight excluding hydrogens is 1320 g/mol. The molecular formula is C73H93BrN8O16. The van der Waals surface area contributed by atoms with E-state index in [1.165, 1.54) is 24.3 Å². The molecule has 8 unspecified atom stereocenters. The highest BCUT2D eigenvalue weighted by Gasteiger charge is 2.37. The summed E-state index contributed by atoms with van der Waals surface area (Å²) in [4.78, 5) is 130. The molecule has 10 rings (SSSR count). The summed E-state index contributed by atoms with van der Waals surface area (Å²) in [5, 5.41) is 48.2. The molecule has 10 N–H and O–H groups in total. The topological polar surface area (TPSA) is 336 Å². The molecule has 0 aromatic heterocycles. The van der Waals surface area contributed by atoms with Crippen molar-refractivity contribution in [3.63, 3.8) is 0 Å². The number of halogens is 1. The molecule has 6 aliphatic rings. The Labute approximate surface area is 579 Å². The van der Waals surface area contributed by atoms with Gasteiger partial charge in [0.1, 0.15) is 47.1 Å². The Morgan fingerprint density at radius 1 is 0.429 bits per heavy atom. The van der Waals surface area contributed by atoms with Gasteiger partial charge in [0, 0.05) is 53.7 Å². The van der Waals surface area contributed by atoms with Crippen LogP contribution in [-0.4, -0.2) is 162 Å². The second-order valence-corrected chi connectivity index (χ2v) is 30.5. The number of hydrogen-bond acceptors (Lipinski definition) is 16. The smallest absolute Gasteiger partial charge is 0.322 e. The van der Waals surface area contributed by atoms with Crippen LogP contribution in [-0.2, 0) is 19.0 Å². The van der Waals surface area contributed by atoms with Gasteiger partial charge < -0.3 is 76.4 Å². The maximum Gasteiger partial charge on any atom is 0.322 e. The van der Waals surface area contributed by atoms with Crippen molar-refractivity contribution in [3.8, 4) is 23.0 Å². The third-order valence-corrected chi connectivity index (χ3v) is 19.5. The number of nitrogens with one attached hydrogen (secondary N) is 8. The van der Waals surface area contributed by atoms with Crippen LogP contribution in [0.15, 0.2) is 48.5 Å². The van der Waals surface area contributed by atoms with Crippen LogP contribution in [0, 0.1) is 33.1 Å².